The maximum atomic E-state index is 11.9. The fourth-order valence-corrected chi connectivity index (χ4v) is 1.01. The van der Waals surface area contributed by atoms with Gasteiger partial charge >= 0.3 is 12.1 Å². The van der Waals surface area contributed by atoms with E-state index < -0.39 is 18.1 Å². The summed E-state index contributed by atoms with van der Waals surface area (Å²) in [4.78, 5) is 10.6. The highest BCUT2D eigenvalue weighted by molar-refractivity contribution is 5.82. The molecule has 1 unspecified atom stereocenters. The van der Waals surface area contributed by atoms with E-state index in [0.29, 0.717) is 5.56 Å². The molecule has 1 rings (SSSR count). The van der Waals surface area contributed by atoms with Crippen LogP contribution in [0.25, 0.3) is 0 Å². The molecule has 1 amide bonds. The lowest BCUT2D eigenvalue weighted by atomic mass is 10.1. The van der Waals surface area contributed by atoms with Gasteiger partial charge < -0.3 is 5.32 Å². The first-order valence-electron chi connectivity index (χ1n) is 4.17. The van der Waals surface area contributed by atoms with Crippen molar-refractivity contribution in [3.8, 4) is 0 Å². The number of halogens is 3. The SMILES string of the molecule is [CH2]C(NC(=O)C(F)(F)F)c1ccccc1. The van der Waals surface area contributed by atoms with Crippen molar-refractivity contribution in [2.24, 2.45) is 0 Å². The molecule has 0 aliphatic rings. The molecule has 15 heavy (non-hydrogen) atoms. The summed E-state index contributed by atoms with van der Waals surface area (Å²) in [6.45, 7) is 3.43. The second-order valence-corrected chi connectivity index (χ2v) is 2.93. The van der Waals surface area contributed by atoms with Gasteiger partial charge in [-0.3, -0.25) is 4.79 Å². The molecule has 0 saturated carbocycles. The van der Waals surface area contributed by atoms with Gasteiger partial charge in [-0.25, -0.2) is 0 Å². The smallest absolute Gasteiger partial charge is 0.341 e. The van der Waals surface area contributed by atoms with E-state index >= 15 is 0 Å². The van der Waals surface area contributed by atoms with E-state index in [4.69, 9.17) is 0 Å². The lowest BCUT2D eigenvalue weighted by Crippen LogP contribution is -2.38. The third-order valence-electron chi connectivity index (χ3n) is 1.76. The Balaban J connectivity index is 2.65. The maximum absolute atomic E-state index is 11.9. The number of carbonyl (C=O) groups excluding carboxylic acids is 1. The summed E-state index contributed by atoms with van der Waals surface area (Å²) in [5, 5.41) is 1.76. The second kappa shape index (κ2) is 4.33. The zero-order valence-corrected chi connectivity index (χ0v) is 7.71. The van der Waals surface area contributed by atoms with Crippen molar-refractivity contribution in [3.05, 3.63) is 42.8 Å². The Morgan fingerprint density at radius 3 is 2.27 bits per heavy atom. The summed E-state index contributed by atoms with van der Waals surface area (Å²) in [5.41, 5.74) is 0.523. The van der Waals surface area contributed by atoms with Crippen LogP contribution in [0.15, 0.2) is 30.3 Å². The molecule has 1 N–H and O–H groups in total. The molecule has 0 aliphatic carbocycles. The Bertz CT molecular complexity index is 334. The van der Waals surface area contributed by atoms with Gasteiger partial charge in [-0.15, -0.1) is 0 Å². The van der Waals surface area contributed by atoms with Crippen molar-refractivity contribution in [1.29, 1.82) is 0 Å². The number of carbonyl (C=O) groups is 1. The first-order valence-corrected chi connectivity index (χ1v) is 4.17. The van der Waals surface area contributed by atoms with Crippen molar-refractivity contribution >= 4 is 5.91 Å². The Kier molecular flexibility index (Phi) is 3.34. The number of alkyl halides is 3. The van der Waals surface area contributed by atoms with Gasteiger partial charge in [-0.2, -0.15) is 13.2 Å². The second-order valence-electron chi connectivity index (χ2n) is 2.93. The quantitative estimate of drug-likeness (QED) is 0.807. The molecule has 1 aromatic carbocycles. The predicted octanol–water partition coefficient (Wildman–Crippen LogP) is 2.24. The molecule has 0 spiro atoms. The van der Waals surface area contributed by atoms with Crippen LogP contribution in [0.4, 0.5) is 13.2 Å². The van der Waals surface area contributed by atoms with Crippen LogP contribution in [0.3, 0.4) is 0 Å². The number of nitrogens with one attached hydrogen (secondary N) is 1. The van der Waals surface area contributed by atoms with E-state index in [9.17, 15) is 18.0 Å². The van der Waals surface area contributed by atoms with E-state index in [1.807, 2.05) is 0 Å². The van der Waals surface area contributed by atoms with Gasteiger partial charge in [-0.05, 0) is 12.5 Å². The molecule has 2 nitrogen and oxygen atoms in total. The molecule has 1 radical (unpaired) electrons. The highest BCUT2D eigenvalue weighted by atomic mass is 19.4. The Morgan fingerprint density at radius 2 is 1.80 bits per heavy atom. The van der Waals surface area contributed by atoms with Gasteiger partial charge in [-0.1, -0.05) is 30.3 Å². The van der Waals surface area contributed by atoms with Crippen LogP contribution in [0.2, 0.25) is 0 Å². The summed E-state index contributed by atoms with van der Waals surface area (Å²) in [6, 6.07) is 7.32. The zero-order valence-electron chi connectivity index (χ0n) is 7.71. The monoisotopic (exact) mass is 216 g/mol. The molecular formula is C10H9F3NO. The van der Waals surface area contributed by atoms with Crippen LogP contribution in [-0.4, -0.2) is 12.1 Å². The Morgan fingerprint density at radius 1 is 1.27 bits per heavy atom. The molecule has 0 bridgehead atoms. The number of amides is 1. The minimum atomic E-state index is -4.87. The average molecular weight is 216 g/mol. The predicted molar refractivity (Wildman–Crippen MR) is 48.7 cm³/mol. The first-order chi connectivity index (χ1) is 6.91. The molecule has 0 saturated heterocycles. The van der Waals surface area contributed by atoms with E-state index in [1.54, 1.807) is 35.6 Å². The molecule has 5 heteroatoms. The molecule has 1 aromatic rings. The van der Waals surface area contributed by atoms with Crippen LogP contribution in [-0.2, 0) is 4.79 Å². The van der Waals surface area contributed by atoms with E-state index in [1.165, 1.54) is 0 Å². The lowest BCUT2D eigenvalue weighted by Gasteiger charge is -2.15. The third kappa shape index (κ3) is 3.27. The summed E-state index contributed by atoms with van der Waals surface area (Å²) in [6.07, 6.45) is -4.87. The Labute approximate surface area is 85.1 Å². The molecule has 0 aliphatic heterocycles. The van der Waals surface area contributed by atoms with E-state index in [2.05, 4.69) is 6.92 Å². The number of hydrogen-bond donors (Lipinski definition) is 1. The molecular weight excluding hydrogens is 207 g/mol. The van der Waals surface area contributed by atoms with Crippen LogP contribution < -0.4 is 5.32 Å². The van der Waals surface area contributed by atoms with Crippen molar-refractivity contribution in [3.63, 3.8) is 0 Å². The zero-order chi connectivity index (χ0) is 11.5. The molecule has 0 fully saturated rings. The van der Waals surface area contributed by atoms with Gasteiger partial charge in [0.1, 0.15) is 0 Å². The lowest BCUT2D eigenvalue weighted by molar-refractivity contribution is -0.174. The topological polar surface area (TPSA) is 29.1 Å². The normalized spacial score (nSPS) is 13.3. The third-order valence-corrected chi connectivity index (χ3v) is 1.76. The fraction of sp³-hybridized carbons (Fsp3) is 0.200. The average Bonchev–Trinajstić information content (AvgIpc) is 2.17. The van der Waals surface area contributed by atoms with Crippen molar-refractivity contribution < 1.29 is 18.0 Å². The van der Waals surface area contributed by atoms with Gasteiger partial charge in [0.05, 0.1) is 6.04 Å². The summed E-state index contributed by atoms with van der Waals surface area (Å²) in [7, 11) is 0. The summed E-state index contributed by atoms with van der Waals surface area (Å²) >= 11 is 0. The van der Waals surface area contributed by atoms with E-state index in [0.717, 1.165) is 0 Å². The van der Waals surface area contributed by atoms with Crippen LogP contribution in [0, 0.1) is 6.92 Å². The Hall–Kier alpha value is -1.52. The standard InChI is InChI=1S/C10H9F3NO/c1-7(8-5-3-2-4-6-8)14-9(15)10(11,12)13/h2-7H,1H2,(H,14,15). The van der Waals surface area contributed by atoms with E-state index in [-0.39, 0.29) is 0 Å². The minimum Gasteiger partial charge on any atom is -0.341 e. The number of benzene rings is 1. The summed E-state index contributed by atoms with van der Waals surface area (Å²) < 4.78 is 35.7. The van der Waals surface area contributed by atoms with Crippen LogP contribution in [0.1, 0.15) is 11.6 Å². The molecule has 0 heterocycles. The van der Waals surface area contributed by atoms with Crippen LogP contribution >= 0.6 is 0 Å². The molecule has 0 aromatic heterocycles. The molecule has 1 atom stereocenters. The maximum Gasteiger partial charge on any atom is 0.471 e. The van der Waals surface area contributed by atoms with Crippen molar-refractivity contribution in [1.82, 2.24) is 5.32 Å². The molecule has 81 valence electrons. The van der Waals surface area contributed by atoms with Gasteiger partial charge in [0, 0.05) is 0 Å². The van der Waals surface area contributed by atoms with Crippen molar-refractivity contribution in [2.45, 2.75) is 12.2 Å². The van der Waals surface area contributed by atoms with Gasteiger partial charge in [0.25, 0.3) is 0 Å². The summed E-state index contributed by atoms with van der Waals surface area (Å²) in [5.74, 6) is -1.98. The van der Waals surface area contributed by atoms with Gasteiger partial charge in [0.15, 0.2) is 0 Å². The minimum absolute atomic E-state index is 0.523. The van der Waals surface area contributed by atoms with Crippen LogP contribution in [0.5, 0.6) is 0 Å². The number of rotatable bonds is 2. The largest absolute Gasteiger partial charge is 0.471 e. The highest BCUT2D eigenvalue weighted by Crippen LogP contribution is 2.17. The van der Waals surface area contributed by atoms with Gasteiger partial charge in [0.2, 0.25) is 0 Å². The highest BCUT2D eigenvalue weighted by Gasteiger charge is 2.39. The first kappa shape index (κ1) is 11.6. The van der Waals surface area contributed by atoms with Crippen molar-refractivity contribution in [2.75, 3.05) is 0 Å². The number of hydrogen-bond acceptors (Lipinski definition) is 1. The fourth-order valence-electron chi connectivity index (χ4n) is 1.01.